The number of hydrogen-bond acceptors (Lipinski definition) is 4. The monoisotopic (exact) mass is 472 g/mol. The van der Waals surface area contributed by atoms with Crippen LogP contribution in [0.5, 0.6) is 0 Å². The SMILES string of the molecule is O=C(Cc1[nH]c2c(Cl)c(Cl)ccc2c1-c1cnn(C2CCCCO2)c1)NCc1ccn[nH]1. The molecular weight excluding hydrogens is 451 g/mol. The molecule has 0 bridgehead atoms. The second-order valence-corrected chi connectivity index (χ2v) is 8.61. The van der Waals surface area contributed by atoms with Gasteiger partial charge >= 0.3 is 0 Å². The first kappa shape index (κ1) is 21.1. The minimum Gasteiger partial charge on any atom is -0.357 e. The topological polar surface area (TPSA) is 101 Å². The van der Waals surface area contributed by atoms with E-state index >= 15 is 0 Å². The predicted molar refractivity (Wildman–Crippen MR) is 123 cm³/mol. The van der Waals surface area contributed by atoms with Crippen LogP contribution < -0.4 is 5.32 Å². The number of amides is 1. The number of benzene rings is 1. The Morgan fingerprint density at radius 3 is 2.97 bits per heavy atom. The Bertz CT molecular complexity index is 1240. The lowest BCUT2D eigenvalue weighted by atomic mass is 10.0. The molecule has 1 aliphatic rings. The van der Waals surface area contributed by atoms with E-state index in [9.17, 15) is 4.79 Å². The van der Waals surface area contributed by atoms with Crippen LogP contribution in [0.1, 0.15) is 36.9 Å². The number of nitrogens with one attached hydrogen (secondary N) is 3. The Labute approximate surface area is 194 Å². The minimum absolute atomic E-state index is 0.0677. The molecule has 32 heavy (non-hydrogen) atoms. The summed E-state index contributed by atoms with van der Waals surface area (Å²) in [5, 5.41) is 16.0. The van der Waals surface area contributed by atoms with Crippen molar-refractivity contribution in [1.29, 1.82) is 0 Å². The van der Waals surface area contributed by atoms with E-state index in [1.807, 2.05) is 23.0 Å². The largest absolute Gasteiger partial charge is 0.357 e. The van der Waals surface area contributed by atoms with Crippen LogP contribution >= 0.6 is 23.2 Å². The highest BCUT2D eigenvalue weighted by atomic mass is 35.5. The normalized spacial score (nSPS) is 16.5. The average Bonchev–Trinajstić information content (AvgIpc) is 3.55. The van der Waals surface area contributed by atoms with Crippen molar-refractivity contribution in [3.05, 3.63) is 58.2 Å². The van der Waals surface area contributed by atoms with Crippen molar-refractivity contribution in [3.63, 3.8) is 0 Å². The molecule has 3 aromatic heterocycles. The summed E-state index contributed by atoms with van der Waals surface area (Å²) in [4.78, 5) is 16.0. The van der Waals surface area contributed by atoms with Gasteiger partial charge in [-0.1, -0.05) is 29.3 Å². The van der Waals surface area contributed by atoms with Crippen molar-refractivity contribution in [2.75, 3.05) is 6.61 Å². The molecule has 10 heteroatoms. The maximum Gasteiger partial charge on any atom is 0.226 e. The molecule has 1 atom stereocenters. The van der Waals surface area contributed by atoms with Gasteiger partial charge in [0.15, 0.2) is 0 Å². The highest BCUT2D eigenvalue weighted by Gasteiger charge is 2.22. The van der Waals surface area contributed by atoms with Crippen molar-refractivity contribution in [3.8, 4) is 11.1 Å². The Hall–Kier alpha value is -2.81. The van der Waals surface area contributed by atoms with Crippen LogP contribution in [0.3, 0.4) is 0 Å². The number of ether oxygens (including phenoxy) is 1. The zero-order valence-corrected chi connectivity index (χ0v) is 18.7. The zero-order chi connectivity index (χ0) is 22.1. The molecule has 8 nitrogen and oxygen atoms in total. The van der Waals surface area contributed by atoms with Crippen molar-refractivity contribution >= 4 is 40.0 Å². The smallest absolute Gasteiger partial charge is 0.226 e. The second kappa shape index (κ2) is 8.97. The molecule has 1 saturated heterocycles. The molecule has 166 valence electrons. The summed E-state index contributed by atoms with van der Waals surface area (Å²) in [6.45, 7) is 1.11. The number of aromatic nitrogens is 5. The molecule has 5 rings (SSSR count). The minimum atomic E-state index is -0.127. The fraction of sp³-hybridized carbons (Fsp3) is 0.318. The number of halogens is 2. The van der Waals surface area contributed by atoms with Crippen LogP contribution in [0.15, 0.2) is 36.8 Å². The molecule has 1 aromatic carbocycles. The molecule has 1 unspecified atom stereocenters. The van der Waals surface area contributed by atoms with E-state index in [2.05, 4.69) is 25.6 Å². The number of carbonyl (C=O) groups excluding carboxylic acids is 1. The van der Waals surface area contributed by atoms with Crippen molar-refractivity contribution < 1.29 is 9.53 Å². The van der Waals surface area contributed by atoms with Crippen LogP contribution in [0.25, 0.3) is 22.0 Å². The average molecular weight is 473 g/mol. The van der Waals surface area contributed by atoms with Gasteiger partial charge in [0.05, 0.1) is 40.4 Å². The highest BCUT2D eigenvalue weighted by molar-refractivity contribution is 6.45. The fourth-order valence-corrected chi connectivity index (χ4v) is 4.45. The number of nitrogens with zero attached hydrogens (tertiary/aromatic N) is 3. The first-order valence-electron chi connectivity index (χ1n) is 10.5. The third kappa shape index (κ3) is 4.13. The van der Waals surface area contributed by atoms with Gasteiger partial charge in [-0.2, -0.15) is 10.2 Å². The summed E-state index contributed by atoms with van der Waals surface area (Å²) in [7, 11) is 0. The van der Waals surface area contributed by atoms with Crippen LogP contribution in [-0.2, 0) is 22.5 Å². The highest BCUT2D eigenvalue weighted by Crippen LogP contribution is 2.39. The van der Waals surface area contributed by atoms with Gasteiger partial charge in [-0.3, -0.25) is 9.89 Å². The molecule has 3 N–H and O–H groups in total. The Kier molecular flexibility index (Phi) is 5.91. The molecular formula is C22H22Cl2N6O2. The first-order chi connectivity index (χ1) is 15.6. The van der Waals surface area contributed by atoms with Crippen molar-refractivity contribution in [2.45, 2.75) is 38.5 Å². The van der Waals surface area contributed by atoms with E-state index in [4.69, 9.17) is 27.9 Å². The van der Waals surface area contributed by atoms with Crippen LogP contribution in [0.2, 0.25) is 10.0 Å². The number of rotatable bonds is 6. The van der Waals surface area contributed by atoms with Crippen molar-refractivity contribution in [2.24, 2.45) is 0 Å². The summed E-state index contributed by atoms with van der Waals surface area (Å²) in [6, 6.07) is 5.49. The summed E-state index contributed by atoms with van der Waals surface area (Å²) in [5.74, 6) is -0.127. The van der Waals surface area contributed by atoms with Gasteiger partial charge in [0.2, 0.25) is 5.91 Å². The van der Waals surface area contributed by atoms with Crippen LogP contribution in [-0.4, -0.2) is 37.5 Å². The van der Waals surface area contributed by atoms with E-state index in [1.54, 1.807) is 18.5 Å². The third-order valence-electron chi connectivity index (χ3n) is 5.65. The Balaban J connectivity index is 1.48. The lowest BCUT2D eigenvalue weighted by Crippen LogP contribution is -2.25. The van der Waals surface area contributed by atoms with Gasteiger partial charge in [-0.25, -0.2) is 4.68 Å². The molecule has 4 aromatic rings. The molecule has 1 fully saturated rings. The van der Waals surface area contributed by atoms with E-state index < -0.39 is 0 Å². The fourth-order valence-electron chi connectivity index (χ4n) is 4.08. The molecule has 0 spiro atoms. The lowest BCUT2D eigenvalue weighted by molar-refractivity contribution is -0.120. The van der Waals surface area contributed by atoms with Gasteiger partial charge in [-0.05, 0) is 31.4 Å². The van der Waals surface area contributed by atoms with Gasteiger partial charge < -0.3 is 15.0 Å². The molecule has 4 heterocycles. The number of H-pyrrole nitrogens is 2. The van der Waals surface area contributed by atoms with Gasteiger partial charge in [-0.15, -0.1) is 0 Å². The first-order valence-corrected chi connectivity index (χ1v) is 11.3. The number of hydrogen-bond donors (Lipinski definition) is 3. The van der Waals surface area contributed by atoms with Gasteiger partial charge in [0.1, 0.15) is 6.23 Å². The second-order valence-electron chi connectivity index (χ2n) is 7.83. The third-order valence-corrected chi connectivity index (χ3v) is 6.46. The summed E-state index contributed by atoms with van der Waals surface area (Å²) in [6.07, 6.45) is 8.62. The molecule has 0 aliphatic carbocycles. The van der Waals surface area contributed by atoms with Gasteiger partial charge in [0.25, 0.3) is 0 Å². The van der Waals surface area contributed by atoms with E-state index in [-0.39, 0.29) is 18.6 Å². The Morgan fingerprint density at radius 1 is 1.28 bits per heavy atom. The molecule has 1 aliphatic heterocycles. The lowest BCUT2D eigenvalue weighted by Gasteiger charge is -2.22. The van der Waals surface area contributed by atoms with E-state index in [1.165, 1.54) is 0 Å². The van der Waals surface area contributed by atoms with Crippen molar-refractivity contribution in [1.82, 2.24) is 30.3 Å². The number of aromatic amines is 2. The molecule has 0 saturated carbocycles. The zero-order valence-electron chi connectivity index (χ0n) is 17.2. The number of fused-ring (bicyclic) bond motifs is 1. The summed E-state index contributed by atoms with van der Waals surface area (Å²) >= 11 is 12.7. The van der Waals surface area contributed by atoms with Crippen LogP contribution in [0.4, 0.5) is 0 Å². The molecule has 1 amide bonds. The van der Waals surface area contributed by atoms with E-state index in [0.29, 0.717) is 22.1 Å². The standard InChI is InChI=1S/C22H22Cl2N6O2/c23-16-5-4-15-20(13-10-27-30(12-13)19-3-1-2-8-32-19)17(28-22(15)21(16)24)9-18(31)25-11-14-6-7-26-29-14/h4-7,10,12,19,28H,1-3,8-9,11H2,(H,25,31)(H,26,29). The van der Waals surface area contributed by atoms with E-state index in [0.717, 1.165) is 53.8 Å². The summed E-state index contributed by atoms with van der Waals surface area (Å²) < 4.78 is 7.72. The Morgan fingerprint density at radius 2 is 2.19 bits per heavy atom. The summed E-state index contributed by atoms with van der Waals surface area (Å²) in [5.41, 5.74) is 4.05. The maximum atomic E-state index is 12.7. The maximum absolute atomic E-state index is 12.7. The number of carbonyl (C=O) groups is 1. The molecule has 0 radical (unpaired) electrons. The predicted octanol–water partition coefficient (Wildman–Crippen LogP) is 4.62. The van der Waals surface area contributed by atoms with Crippen LogP contribution in [0, 0.1) is 0 Å². The van der Waals surface area contributed by atoms with Gasteiger partial charge in [0, 0.05) is 41.2 Å². The quantitative estimate of drug-likeness (QED) is 0.381.